The molecule has 3 nitrogen and oxygen atoms in total. The van der Waals surface area contributed by atoms with Crippen LogP contribution in [0.4, 0.5) is 4.79 Å². The van der Waals surface area contributed by atoms with E-state index in [1.807, 2.05) is 0 Å². The van der Waals surface area contributed by atoms with Gasteiger partial charge in [0.2, 0.25) is 0 Å². The van der Waals surface area contributed by atoms with Crippen molar-refractivity contribution in [1.82, 2.24) is 0 Å². The average Bonchev–Trinajstić information content (AvgIpc) is 2.06. The first kappa shape index (κ1) is 8.59. The van der Waals surface area contributed by atoms with Gasteiger partial charge in [-0.05, 0) is 25.1 Å². The Labute approximate surface area is 70.9 Å². The standard InChI is InChI=1S/C9H9O3/c1-2-11-9(10)12-8-6-4-3-5-7-8/h4-7H,2H2,1H3. The fourth-order valence-electron chi connectivity index (χ4n) is 0.683. The molecule has 0 fully saturated rings. The van der Waals surface area contributed by atoms with Gasteiger partial charge in [-0.15, -0.1) is 0 Å². The number of hydrogen-bond donors (Lipinski definition) is 0. The van der Waals surface area contributed by atoms with E-state index in [4.69, 9.17) is 4.74 Å². The van der Waals surface area contributed by atoms with Crippen LogP contribution in [0.2, 0.25) is 0 Å². The summed E-state index contributed by atoms with van der Waals surface area (Å²) in [5, 5.41) is 0. The summed E-state index contributed by atoms with van der Waals surface area (Å²) in [7, 11) is 0. The molecule has 0 bridgehead atoms. The Morgan fingerprint density at radius 3 is 2.75 bits per heavy atom. The highest BCUT2D eigenvalue weighted by Gasteiger charge is 2.02. The molecular formula is C9H9O3. The molecule has 0 saturated carbocycles. The van der Waals surface area contributed by atoms with Crippen molar-refractivity contribution in [2.45, 2.75) is 6.92 Å². The number of rotatable bonds is 2. The number of hydrogen-bond acceptors (Lipinski definition) is 3. The maximum atomic E-state index is 10.8. The zero-order valence-corrected chi connectivity index (χ0v) is 6.74. The largest absolute Gasteiger partial charge is 0.513 e. The minimum atomic E-state index is -0.677. The van der Waals surface area contributed by atoms with Crippen LogP contribution in [0, 0.1) is 6.07 Å². The number of benzene rings is 1. The van der Waals surface area contributed by atoms with Crippen LogP contribution >= 0.6 is 0 Å². The van der Waals surface area contributed by atoms with Gasteiger partial charge in [0.1, 0.15) is 5.75 Å². The molecule has 1 radical (unpaired) electrons. The van der Waals surface area contributed by atoms with Crippen molar-refractivity contribution >= 4 is 6.16 Å². The lowest BCUT2D eigenvalue weighted by Gasteiger charge is -2.02. The Morgan fingerprint density at radius 1 is 1.50 bits per heavy atom. The molecule has 0 spiro atoms. The second-order valence-electron chi connectivity index (χ2n) is 2.02. The molecule has 0 aromatic heterocycles. The zero-order chi connectivity index (χ0) is 8.81. The van der Waals surface area contributed by atoms with Crippen molar-refractivity contribution in [2.24, 2.45) is 0 Å². The first-order valence-corrected chi connectivity index (χ1v) is 3.63. The normalized spacial score (nSPS) is 9.08. The summed E-state index contributed by atoms with van der Waals surface area (Å²) in [4.78, 5) is 10.8. The van der Waals surface area contributed by atoms with Crippen LogP contribution in [0.1, 0.15) is 6.92 Å². The molecule has 1 aromatic carbocycles. The number of ether oxygens (including phenoxy) is 2. The van der Waals surface area contributed by atoms with Gasteiger partial charge in [-0.1, -0.05) is 12.1 Å². The van der Waals surface area contributed by atoms with E-state index in [0.717, 1.165) is 0 Å². The first-order chi connectivity index (χ1) is 5.83. The quantitative estimate of drug-likeness (QED) is 0.496. The summed E-state index contributed by atoms with van der Waals surface area (Å²) < 4.78 is 9.35. The molecule has 0 N–H and O–H groups in total. The smallest absolute Gasteiger partial charge is 0.434 e. The fourth-order valence-corrected chi connectivity index (χ4v) is 0.683. The molecule has 0 aliphatic carbocycles. The maximum Gasteiger partial charge on any atom is 0.513 e. The summed E-state index contributed by atoms with van der Waals surface area (Å²) >= 11 is 0. The lowest BCUT2D eigenvalue weighted by molar-refractivity contribution is 0.104. The Hall–Kier alpha value is -1.51. The van der Waals surface area contributed by atoms with Crippen molar-refractivity contribution in [3.05, 3.63) is 30.3 Å². The fraction of sp³-hybridized carbons (Fsp3) is 0.222. The molecule has 3 heteroatoms. The van der Waals surface area contributed by atoms with Crippen molar-refractivity contribution in [3.63, 3.8) is 0 Å². The maximum absolute atomic E-state index is 10.8. The summed E-state index contributed by atoms with van der Waals surface area (Å²) in [6.45, 7) is 2.04. The minimum absolute atomic E-state index is 0.317. The van der Waals surface area contributed by atoms with E-state index < -0.39 is 6.16 Å². The molecule has 12 heavy (non-hydrogen) atoms. The summed E-state index contributed by atoms with van der Waals surface area (Å²) in [5.74, 6) is 0.465. The molecule has 0 saturated heterocycles. The molecule has 1 aromatic rings. The van der Waals surface area contributed by atoms with E-state index in [1.165, 1.54) is 0 Å². The summed E-state index contributed by atoms with van der Waals surface area (Å²) in [6.07, 6.45) is -0.677. The molecular weight excluding hydrogens is 156 g/mol. The van der Waals surface area contributed by atoms with Gasteiger partial charge < -0.3 is 9.47 Å². The Bertz CT molecular complexity index is 243. The number of carbonyl (C=O) groups excluding carboxylic acids is 1. The van der Waals surface area contributed by atoms with Crippen molar-refractivity contribution in [2.75, 3.05) is 6.61 Å². The van der Waals surface area contributed by atoms with Crippen LogP contribution in [0.25, 0.3) is 0 Å². The third kappa shape index (κ3) is 2.62. The number of carbonyl (C=O) groups is 1. The monoisotopic (exact) mass is 165 g/mol. The molecule has 0 aliphatic rings. The molecule has 0 amide bonds. The third-order valence-electron chi connectivity index (χ3n) is 1.15. The average molecular weight is 165 g/mol. The SMILES string of the molecule is CCOC(=O)Oc1cc[c]cc1. The van der Waals surface area contributed by atoms with E-state index in [9.17, 15) is 4.79 Å². The highest BCUT2D eigenvalue weighted by Crippen LogP contribution is 2.08. The second kappa shape index (κ2) is 4.38. The lowest BCUT2D eigenvalue weighted by atomic mass is 10.3. The third-order valence-corrected chi connectivity index (χ3v) is 1.15. The Morgan fingerprint density at radius 2 is 2.17 bits per heavy atom. The Kier molecular flexibility index (Phi) is 3.14. The first-order valence-electron chi connectivity index (χ1n) is 3.63. The molecule has 0 aliphatic heterocycles. The van der Waals surface area contributed by atoms with Gasteiger partial charge >= 0.3 is 6.16 Å². The van der Waals surface area contributed by atoms with Crippen LogP contribution in [-0.2, 0) is 4.74 Å². The highest BCUT2D eigenvalue weighted by atomic mass is 16.7. The zero-order valence-electron chi connectivity index (χ0n) is 6.74. The molecule has 0 atom stereocenters. The predicted octanol–water partition coefficient (Wildman–Crippen LogP) is 2.02. The van der Waals surface area contributed by atoms with Gasteiger partial charge in [-0.3, -0.25) is 0 Å². The van der Waals surface area contributed by atoms with Gasteiger partial charge in [0.05, 0.1) is 6.61 Å². The molecule has 63 valence electrons. The van der Waals surface area contributed by atoms with Gasteiger partial charge in [-0.2, -0.15) is 0 Å². The van der Waals surface area contributed by atoms with Crippen LogP contribution in [0.3, 0.4) is 0 Å². The van der Waals surface area contributed by atoms with Gasteiger partial charge in [0.25, 0.3) is 0 Å². The van der Waals surface area contributed by atoms with Gasteiger partial charge in [0, 0.05) is 0 Å². The molecule has 1 rings (SSSR count). The summed E-state index contributed by atoms with van der Waals surface area (Å²) in [6, 6.07) is 9.40. The van der Waals surface area contributed by atoms with Gasteiger partial charge in [-0.25, -0.2) is 4.79 Å². The van der Waals surface area contributed by atoms with Crippen molar-refractivity contribution in [1.29, 1.82) is 0 Å². The van der Waals surface area contributed by atoms with Crippen LogP contribution in [0.5, 0.6) is 5.75 Å². The van der Waals surface area contributed by atoms with Crippen LogP contribution < -0.4 is 4.74 Å². The Balaban J connectivity index is 2.47. The topological polar surface area (TPSA) is 35.5 Å². The van der Waals surface area contributed by atoms with E-state index in [-0.39, 0.29) is 0 Å². The van der Waals surface area contributed by atoms with Crippen LogP contribution in [-0.4, -0.2) is 12.8 Å². The van der Waals surface area contributed by atoms with Crippen molar-refractivity contribution < 1.29 is 14.3 Å². The predicted molar refractivity (Wildman–Crippen MR) is 42.9 cm³/mol. The lowest BCUT2D eigenvalue weighted by Crippen LogP contribution is -2.09. The van der Waals surface area contributed by atoms with E-state index >= 15 is 0 Å². The summed E-state index contributed by atoms with van der Waals surface area (Å²) in [5.41, 5.74) is 0. The van der Waals surface area contributed by atoms with Gasteiger partial charge in [0.15, 0.2) is 0 Å². The van der Waals surface area contributed by atoms with E-state index in [2.05, 4.69) is 10.8 Å². The van der Waals surface area contributed by atoms with Crippen LogP contribution in [0.15, 0.2) is 24.3 Å². The van der Waals surface area contributed by atoms with E-state index in [0.29, 0.717) is 12.4 Å². The molecule has 0 unspecified atom stereocenters. The highest BCUT2D eigenvalue weighted by molar-refractivity contribution is 5.63. The van der Waals surface area contributed by atoms with Crippen molar-refractivity contribution in [3.8, 4) is 5.75 Å². The molecule has 0 heterocycles. The minimum Gasteiger partial charge on any atom is -0.434 e. The van der Waals surface area contributed by atoms with E-state index in [1.54, 1.807) is 31.2 Å². The second-order valence-corrected chi connectivity index (χ2v) is 2.02.